The number of rotatable bonds is 6. The van der Waals surface area contributed by atoms with Crippen LogP contribution in [0.15, 0.2) is 66.4 Å². The van der Waals surface area contributed by atoms with Gasteiger partial charge in [-0.25, -0.2) is 4.79 Å². The Morgan fingerprint density at radius 2 is 1.56 bits per heavy atom. The average molecular weight is 342 g/mol. The molecule has 1 saturated heterocycles. The number of aliphatic carboxylic acids is 1. The molecular formula is C19H18O6. The third kappa shape index (κ3) is 3.15. The summed E-state index contributed by atoms with van der Waals surface area (Å²) in [6.45, 7) is 0. The molecule has 0 spiro atoms. The Hall–Kier alpha value is -2.67. The van der Waals surface area contributed by atoms with Crippen LogP contribution in [0, 0.1) is 0 Å². The van der Waals surface area contributed by atoms with Crippen molar-refractivity contribution in [3.05, 3.63) is 77.5 Å². The van der Waals surface area contributed by atoms with E-state index in [1.807, 2.05) is 0 Å². The number of carboxylic acids is 1. The van der Waals surface area contributed by atoms with Gasteiger partial charge in [-0.15, -0.1) is 0 Å². The molecule has 0 radical (unpaired) electrons. The highest BCUT2D eigenvalue weighted by Crippen LogP contribution is 2.53. The van der Waals surface area contributed by atoms with Gasteiger partial charge in [0.2, 0.25) is 5.60 Å². The normalized spacial score (nSPS) is 25.2. The molecule has 0 amide bonds. The summed E-state index contributed by atoms with van der Waals surface area (Å²) in [5.41, 5.74) is -0.825. The molecule has 1 aliphatic heterocycles. The van der Waals surface area contributed by atoms with Crippen LogP contribution in [-0.2, 0) is 9.53 Å². The molecule has 1 unspecified atom stereocenters. The fourth-order valence-electron chi connectivity index (χ4n) is 2.82. The van der Waals surface area contributed by atoms with Crippen LogP contribution >= 0.6 is 0 Å². The summed E-state index contributed by atoms with van der Waals surface area (Å²) in [6.07, 6.45) is -3.27. The quantitative estimate of drug-likeness (QED) is 0.471. The smallest absolute Gasteiger partial charge is 0.342 e. The van der Waals surface area contributed by atoms with Crippen molar-refractivity contribution in [2.75, 3.05) is 0 Å². The maximum atomic E-state index is 11.7. The van der Waals surface area contributed by atoms with E-state index in [4.69, 9.17) is 4.74 Å². The number of benzene rings is 2. The molecule has 0 bridgehead atoms. The monoisotopic (exact) mass is 342 g/mol. The molecule has 2 aromatic carbocycles. The van der Waals surface area contributed by atoms with E-state index < -0.39 is 35.6 Å². The van der Waals surface area contributed by atoms with E-state index in [9.17, 15) is 25.2 Å². The zero-order valence-electron chi connectivity index (χ0n) is 13.2. The summed E-state index contributed by atoms with van der Waals surface area (Å²) >= 11 is 0. The Labute approximate surface area is 144 Å². The zero-order chi connectivity index (χ0) is 18.0. The number of epoxide rings is 1. The van der Waals surface area contributed by atoms with Crippen molar-refractivity contribution in [2.24, 2.45) is 0 Å². The summed E-state index contributed by atoms with van der Waals surface area (Å²) in [7, 11) is 0. The highest BCUT2D eigenvalue weighted by atomic mass is 16.6. The lowest BCUT2D eigenvalue weighted by molar-refractivity contribution is -0.151. The molecule has 0 aromatic heterocycles. The van der Waals surface area contributed by atoms with Crippen molar-refractivity contribution in [2.45, 2.75) is 23.9 Å². The lowest BCUT2D eigenvalue weighted by Gasteiger charge is -2.21. The van der Waals surface area contributed by atoms with Gasteiger partial charge >= 0.3 is 5.97 Å². The Balaban J connectivity index is 1.84. The van der Waals surface area contributed by atoms with Gasteiger partial charge in [0.15, 0.2) is 0 Å². The van der Waals surface area contributed by atoms with Crippen molar-refractivity contribution < 1.29 is 30.0 Å². The van der Waals surface area contributed by atoms with E-state index in [1.54, 1.807) is 60.7 Å². The molecule has 2 aromatic rings. The predicted molar refractivity (Wildman–Crippen MR) is 89.7 cm³/mol. The molecule has 6 nitrogen and oxygen atoms in total. The summed E-state index contributed by atoms with van der Waals surface area (Å²) in [6, 6.07) is 17.2. The van der Waals surface area contributed by atoms with Gasteiger partial charge in [0.25, 0.3) is 0 Å². The van der Waals surface area contributed by atoms with Gasteiger partial charge in [-0.3, -0.25) is 0 Å². The van der Waals surface area contributed by atoms with E-state index in [0.717, 1.165) is 0 Å². The Morgan fingerprint density at radius 3 is 2.12 bits per heavy atom. The fourth-order valence-corrected chi connectivity index (χ4v) is 2.82. The number of carboxylic acid groups (broad SMARTS) is 1. The SMILES string of the molecule is O=C(O)[C@@]1([C@@H](O)[C@H](O)C(O)=Cc2ccccc2)OC1c1ccccc1. The molecular weight excluding hydrogens is 324 g/mol. The van der Waals surface area contributed by atoms with Crippen LogP contribution in [0.5, 0.6) is 0 Å². The van der Waals surface area contributed by atoms with Crippen LogP contribution < -0.4 is 0 Å². The molecule has 3 rings (SSSR count). The average Bonchev–Trinajstić information content (AvgIpc) is 3.39. The van der Waals surface area contributed by atoms with E-state index in [0.29, 0.717) is 11.1 Å². The van der Waals surface area contributed by atoms with Crippen LogP contribution in [0.2, 0.25) is 0 Å². The maximum absolute atomic E-state index is 11.7. The number of ether oxygens (including phenoxy) is 1. The molecule has 1 heterocycles. The van der Waals surface area contributed by atoms with Crippen LogP contribution in [0.25, 0.3) is 6.08 Å². The van der Waals surface area contributed by atoms with Crippen molar-refractivity contribution in [3.8, 4) is 0 Å². The van der Waals surface area contributed by atoms with Gasteiger partial charge in [-0.1, -0.05) is 60.7 Å². The third-order valence-corrected chi connectivity index (χ3v) is 4.24. The lowest BCUT2D eigenvalue weighted by atomic mass is 9.89. The van der Waals surface area contributed by atoms with Crippen molar-refractivity contribution >= 4 is 12.0 Å². The third-order valence-electron chi connectivity index (χ3n) is 4.24. The van der Waals surface area contributed by atoms with Crippen LogP contribution in [-0.4, -0.2) is 44.2 Å². The number of hydrogen-bond acceptors (Lipinski definition) is 5. The second-order valence-electron chi connectivity index (χ2n) is 5.88. The van der Waals surface area contributed by atoms with E-state index in [1.165, 1.54) is 6.08 Å². The van der Waals surface area contributed by atoms with Crippen LogP contribution in [0.3, 0.4) is 0 Å². The second kappa shape index (κ2) is 6.68. The molecule has 4 N–H and O–H groups in total. The lowest BCUT2D eigenvalue weighted by Crippen LogP contribution is -2.46. The van der Waals surface area contributed by atoms with E-state index in [2.05, 4.69) is 0 Å². The Kier molecular flexibility index (Phi) is 4.59. The molecule has 6 heteroatoms. The number of aliphatic hydroxyl groups is 3. The van der Waals surface area contributed by atoms with Gasteiger partial charge in [0.1, 0.15) is 24.1 Å². The fraction of sp³-hybridized carbons (Fsp3) is 0.211. The first-order chi connectivity index (χ1) is 12.0. The van der Waals surface area contributed by atoms with Crippen molar-refractivity contribution in [3.63, 3.8) is 0 Å². The van der Waals surface area contributed by atoms with Gasteiger partial charge < -0.3 is 25.2 Å². The first-order valence-corrected chi connectivity index (χ1v) is 7.74. The minimum absolute atomic E-state index is 0.540. The molecule has 25 heavy (non-hydrogen) atoms. The molecule has 4 atom stereocenters. The Bertz CT molecular complexity index is 773. The summed E-state index contributed by atoms with van der Waals surface area (Å²) in [5.74, 6) is -1.94. The minimum Gasteiger partial charge on any atom is -0.509 e. The van der Waals surface area contributed by atoms with E-state index >= 15 is 0 Å². The van der Waals surface area contributed by atoms with E-state index in [-0.39, 0.29) is 0 Å². The molecule has 130 valence electrons. The van der Waals surface area contributed by atoms with Gasteiger partial charge in [-0.2, -0.15) is 0 Å². The topological polar surface area (TPSA) is 111 Å². The van der Waals surface area contributed by atoms with Gasteiger partial charge in [0, 0.05) is 0 Å². The number of aliphatic hydroxyl groups excluding tert-OH is 3. The summed E-state index contributed by atoms with van der Waals surface area (Å²) < 4.78 is 5.29. The molecule has 1 aliphatic rings. The maximum Gasteiger partial charge on any atom is 0.342 e. The molecule has 0 aliphatic carbocycles. The second-order valence-corrected chi connectivity index (χ2v) is 5.88. The molecule has 1 fully saturated rings. The minimum atomic E-state index is -2.00. The first kappa shape index (κ1) is 17.2. The van der Waals surface area contributed by atoms with Crippen molar-refractivity contribution in [1.29, 1.82) is 0 Å². The number of carbonyl (C=O) groups is 1. The number of hydrogen-bond donors (Lipinski definition) is 4. The Morgan fingerprint density at radius 1 is 1.00 bits per heavy atom. The van der Waals surface area contributed by atoms with Crippen LogP contribution in [0.4, 0.5) is 0 Å². The zero-order valence-corrected chi connectivity index (χ0v) is 13.2. The van der Waals surface area contributed by atoms with Gasteiger partial charge in [0.05, 0.1) is 0 Å². The van der Waals surface area contributed by atoms with Gasteiger partial charge in [-0.05, 0) is 17.2 Å². The first-order valence-electron chi connectivity index (χ1n) is 7.74. The highest BCUT2D eigenvalue weighted by molar-refractivity contribution is 5.83. The largest absolute Gasteiger partial charge is 0.509 e. The standard InChI is InChI=1S/C19H18O6/c20-14(11-12-7-3-1-4-8-12)15(21)16(22)19(18(23)24)17(25-19)13-9-5-2-6-10-13/h1-11,15-17,20-22H,(H,23,24)/t15-,16+,17?,19+/m1/s1. The predicted octanol–water partition coefficient (Wildman–Crippen LogP) is 1.90. The van der Waals surface area contributed by atoms with Crippen LogP contribution in [0.1, 0.15) is 17.2 Å². The highest BCUT2D eigenvalue weighted by Gasteiger charge is 2.70. The van der Waals surface area contributed by atoms with Crippen molar-refractivity contribution in [1.82, 2.24) is 0 Å². The summed E-state index contributed by atoms with van der Waals surface area (Å²) in [5, 5.41) is 40.2. The molecule has 0 saturated carbocycles. The summed E-state index contributed by atoms with van der Waals surface area (Å²) in [4.78, 5) is 11.7.